The van der Waals surface area contributed by atoms with E-state index in [1.807, 2.05) is 55.5 Å². The van der Waals surface area contributed by atoms with Crippen LogP contribution >= 0.6 is 31.9 Å². The van der Waals surface area contributed by atoms with Crippen molar-refractivity contribution in [2.45, 2.75) is 65.6 Å². The van der Waals surface area contributed by atoms with E-state index >= 15 is 0 Å². The molecular weight excluding hydrogens is 972 g/mol. The molecule has 0 unspecified atom stereocenters. The van der Waals surface area contributed by atoms with Gasteiger partial charge in [0.05, 0.1) is 41.0 Å². The van der Waals surface area contributed by atoms with Gasteiger partial charge in [0.2, 0.25) is 0 Å². The molecule has 6 aromatic rings. The Kier molecular flexibility index (Phi) is 18.4. The average molecular weight is 1020 g/mol. The number of benzene rings is 4. The predicted octanol–water partition coefficient (Wildman–Crippen LogP) is 7.23. The quantitative estimate of drug-likeness (QED) is 0.0374. The Balaban J connectivity index is 1.18. The Bertz CT molecular complexity index is 2510. The third-order valence-corrected chi connectivity index (χ3v) is 11.9. The van der Waals surface area contributed by atoms with Crippen LogP contribution in [0.2, 0.25) is 0 Å². The minimum atomic E-state index is -0.903. The molecule has 342 valence electrons. The van der Waals surface area contributed by atoms with E-state index in [0.717, 1.165) is 60.1 Å². The van der Waals surface area contributed by atoms with E-state index in [1.54, 1.807) is 24.5 Å². The van der Waals surface area contributed by atoms with Crippen LogP contribution in [0.3, 0.4) is 0 Å². The lowest BCUT2D eigenvalue weighted by molar-refractivity contribution is 0.0941. The van der Waals surface area contributed by atoms with Crippen LogP contribution in [0.4, 0.5) is 0 Å². The zero-order chi connectivity index (χ0) is 47.0. The van der Waals surface area contributed by atoms with Gasteiger partial charge in [-0.3, -0.25) is 9.97 Å². The first kappa shape index (κ1) is 49.5. The minimum Gasteiger partial charge on any atom is -0.489 e. The molecule has 2 aromatic heterocycles. The maximum Gasteiger partial charge on any atom is 0.137 e. The summed E-state index contributed by atoms with van der Waals surface area (Å²) in [7, 11) is 0. The molecule has 0 aliphatic rings. The third-order valence-electron chi connectivity index (χ3n) is 10.6. The SMILES string of the molecule is Cc1c(COc2cc(OCc3cncc(C#N)c3)c(CNC[C@H](O)CO)cc2Br)cccc1-c1cccc(OCc2cc(OCc3cncc(C#N)c3)c(CNC[C@H](O)CO)cc2Br)c1C. The zero-order valence-corrected chi connectivity index (χ0v) is 39.6. The molecule has 0 aliphatic heterocycles. The van der Waals surface area contributed by atoms with E-state index in [-0.39, 0.29) is 52.7 Å². The molecule has 0 bridgehead atoms. The van der Waals surface area contributed by atoms with Crippen molar-refractivity contribution < 1.29 is 39.4 Å². The largest absolute Gasteiger partial charge is 0.489 e. The lowest BCUT2D eigenvalue weighted by atomic mass is 9.93. The van der Waals surface area contributed by atoms with E-state index < -0.39 is 12.2 Å². The van der Waals surface area contributed by atoms with Gasteiger partial charge in [0.1, 0.15) is 61.6 Å². The number of nitrogens with one attached hydrogen (secondary N) is 2. The highest BCUT2D eigenvalue weighted by atomic mass is 79.9. The number of aliphatic hydroxyl groups excluding tert-OH is 4. The van der Waals surface area contributed by atoms with E-state index in [1.165, 1.54) is 12.4 Å². The molecule has 16 heteroatoms. The Labute approximate surface area is 400 Å². The summed E-state index contributed by atoms with van der Waals surface area (Å²) in [5, 5.41) is 63.3. The Morgan fingerprint density at radius 1 is 0.561 bits per heavy atom. The molecule has 66 heavy (non-hydrogen) atoms. The summed E-state index contributed by atoms with van der Waals surface area (Å²) in [6.45, 7) is 5.29. The highest BCUT2D eigenvalue weighted by Gasteiger charge is 2.17. The normalized spacial score (nSPS) is 11.9. The molecule has 0 radical (unpaired) electrons. The molecule has 2 atom stereocenters. The maximum atomic E-state index is 9.88. The lowest BCUT2D eigenvalue weighted by Gasteiger charge is -2.19. The molecule has 2 heterocycles. The van der Waals surface area contributed by atoms with Gasteiger partial charge in [0.25, 0.3) is 0 Å². The fourth-order valence-electron chi connectivity index (χ4n) is 6.94. The predicted molar refractivity (Wildman–Crippen MR) is 254 cm³/mol. The first-order valence-corrected chi connectivity index (χ1v) is 22.6. The molecule has 0 saturated carbocycles. The van der Waals surface area contributed by atoms with Gasteiger partial charge in [0.15, 0.2) is 0 Å². The second-order valence-corrected chi connectivity index (χ2v) is 17.1. The summed E-state index contributed by atoms with van der Waals surface area (Å²) < 4.78 is 27.0. The van der Waals surface area contributed by atoms with Crippen LogP contribution in [0.25, 0.3) is 11.1 Å². The zero-order valence-electron chi connectivity index (χ0n) is 36.4. The van der Waals surface area contributed by atoms with Crippen molar-refractivity contribution in [1.82, 2.24) is 20.6 Å². The van der Waals surface area contributed by atoms with Gasteiger partial charge >= 0.3 is 0 Å². The molecule has 0 aliphatic carbocycles. The van der Waals surface area contributed by atoms with E-state index in [0.29, 0.717) is 51.7 Å². The van der Waals surface area contributed by atoms with Gasteiger partial charge in [0, 0.05) is 89.3 Å². The number of nitriles is 2. The summed E-state index contributed by atoms with van der Waals surface area (Å²) in [5.74, 6) is 2.39. The standard InChI is InChI=1S/C50H50Br2N6O8/c1-31-37(29-66-50-14-49(64-28-36-10-34(16-54)18-56-20-36)39(12-46(50)52)22-58-24-42(62)26-60)5-3-6-43(31)44-7-4-8-47(32(44)2)65-30-40-13-48(63-27-35-9-33(15-53)17-55-19-35)38(11-45(40)51)21-57-23-41(61)25-59/h3-14,17-20,41-42,57-62H,21-30H2,1-2H3/t41-,42-/m0/s1. The summed E-state index contributed by atoms with van der Waals surface area (Å²) in [5.41, 5.74) is 9.76. The first-order chi connectivity index (χ1) is 32.0. The third kappa shape index (κ3) is 13.6. The summed E-state index contributed by atoms with van der Waals surface area (Å²) in [6, 6.07) is 27.3. The van der Waals surface area contributed by atoms with Gasteiger partial charge < -0.3 is 50.0 Å². The fourth-order valence-corrected chi connectivity index (χ4v) is 7.95. The van der Waals surface area contributed by atoms with Crippen LogP contribution in [-0.4, -0.2) is 68.9 Å². The molecule has 6 rings (SSSR count). The minimum absolute atomic E-state index is 0.160. The number of aromatic nitrogens is 2. The molecule has 6 N–H and O–H groups in total. The smallest absolute Gasteiger partial charge is 0.137 e. The van der Waals surface area contributed by atoms with Gasteiger partial charge in [-0.25, -0.2) is 0 Å². The Hall–Kier alpha value is -5.92. The number of rotatable bonds is 23. The highest BCUT2D eigenvalue weighted by molar-refractivity contribution is 9.10. The molecular formula is C50H50Br2N6O8. The highest BCUT2D eigenvalue weighted by Crippen LogP contribution is 2.37. The monoisotopic (exact) mass is 1020 g/mol. The van der Waals surface area contributed by atoms with E-state index in [2.05, 4.69) is 83.7 Å². The van der Waals surface area contributed by atoms with Gasteiger partial charge in [-0.05, 0) is 94.0 Å². The number of pyridine rings is 2. The summed E-state index contributed by atoms with van der Waals surface area (Å²) in [4.78, 5) is 8.29. The van der Waals surface area contributed by atoms with Crippen molar-refractivity contribution in [2.24, 2.45) is 0 Å². The number of ether oxygens (including phenoxy) is 4. The van der Waals surface area contributed by atoms with Gasteiger partial charge in [-0.2, -0.15) is 10.5 Å². The first-order valence-electron chi connectivity index (χ1n) is 21.0. The van der Waals surface area contributed by atoms with Crippen LogP contribution in [0.5, 0.6) is 23.0 Å². The van der Waals surface area contributed by atoms with Crippen LogP contribution in [0.1, 0.15) is 55.6 Å². The molecule has 0 saturated heterocycles. The van der Waals surface area contributed by atoms with Crippen molar-refractivity contribution in [1.29, 1.82) is 10.5 Å². The van der Waals surface area contributed by atoms with Crippen molar-refractivity contribution in [3.8, 4) is 46.3 Å². The summed E-state index contributed by atoms with van der Waals surface area (Å²) in [6.07, 6.45) is 4.48. The van der Waals surface area contributed by atoms with Crippen LogP contribution in [-0.2, 0) is 39.5 Å². The second kappa shape index (κ2) is 24.6. The maximum absolute atomic E-state index is 9.88. The average Bonchev–Trinajstić information content (AvgIpc) is 3.33. The lowest BCUT2D eigenvalue weighted by Crippen LogP contribution is -2.29. The van der Waals surface area contributed by atoms with E-state index in [4.69, 9.17) is 18.9 Å². The second-order valence-electron chi connectivity index (χ2n) is 15.4. The van der Waals surface area contributed by atoms with Crippen molar-refractivity contribution >= 4 is 31.9 Å². The number of nitrogens with zero attached hydrogens (tertiary/aromatic N) is 4. The van der Waals surface area contributed by atoms with Gasteiger partial charge in [-0.15, -0.1) is 0 Å². The molecule has 4 aromatic carbocycles. The number of aliphatic hydroxyl groups is 4. The van der Waals surface area contributed by atoms with Gasteiger partial charge in [-0.1, -0.05) is 46.3 Å². The van der Waals surface area contributed by atoms with E-state index in [9.17, 15) is 30.9 Å². The Morgan fingerprint density at radius 2 is 1.06 bits per heavy atom. The Morgan fingerprint density at radius 3 is 1.64 bits per heavy atom. The van der Waals surface area contributed by atoms with Crippen molar-refractivity contribution in [3.63, 3.8) is 0 Å². The van der Waals surface area contributed by atoms with Crippen LogP contribution < -0.4 is 29.6 Å². The molecule has 14 nitrogen and oxygen atoms in total. The van der Waals surface area contributed by atoms with Crippen LogP contribution in [0, 0.1) is 36.5 Å². The summed E-state index contributed by atoms with van der Waals surface area (Å²) >= 11 is 7.40. The van der Waals surface area contributed by atoms with Crippen molar-refractivity contribution in [2.75, 3.05) is 26.3 Å². The fraction of sp³-hybridized carbons (Fsp3) is 0.280. The van der Waals surface area contributed by atoms with Crippen molar-refractivity contribution in [3.05, 3.63) is 162 Å². The van der Waals surface area contributed by atoms with Crippen LogP contribution in [0.15, 0.2) is 107 Å². The topological polar surface area (TPSA) is 215 Å². The molecule has 0 amide bonds. The number of hydrogen-bond acceptors (Lipinski definition) is 14. The molecule has 0 fully saturated rings. The number of halogens is 2. The number of hydrogen-bond donors (Lipinski definition) is 6. The molecule has 0 spiro atoms.